The van der Waals surface area contributed by atoms with Crippen LogP contribution in [-0.4, -0.2) is 36.6 Å². The summed E-state index contributed by atoms with van der Waals surface area (Å²) in [6, 6.07) is -0.0117. The van der Waals surface area contributed by atoms with Gasteiger partial charge in [0.15, 0.2) is 0 Å². The predicted molar refractivity (Wildman–Crippen MR) is 65.1 cm³/mol. The molecule has 1 aliphatic carbocycles. The highest BCUT2D eigenvalue weighted by atomic mass is 16.6. The minimum atomic E-state index is -0.474. The molecule has 0 aromatic carbocycles. The lowest BCUT2D eigenvalue weighted by Crippen LogP contribution is -2.46. The summed E-state index contributed by atoms with van der Waals surface area (Å²) >= 11 is 0. The van der Waals surface area contributed by atoms with E-state index in [0.717, 1.165) is 0 Å². The molecule has 0 unspecified atom stereocenters. The van der Waals surface area contributed by atoms with Crippen molar-refractivity contribution in [2.24, 2.45) is 0 Å². The quantitative estimate of drug-likeness (QED) is 0.775. The number of nitrogens with one attached hydrogen (secondary N) is 1. The highest BCUT2D eigenvalue weighted by molar-refractivity contribution is 5.87. The summed E-state index contributed by atoms with van der Waals surface area (Å²) in [4.78, 5) is 30.9. The Hall–Kier alpha value is -1.59. The topological polar surface area (TPSA) is 81.7 Å². The van der Waals surface area contributed by atoms with Crippen LogP contribution in [0.1, 0.15) is 40.5 Å². The molecule has 0 bridgehead atoms. The van der Waals surface area contributed by atoms with E-state index in [0.29, 0.717) is 25.9 Å². The van der Waals surface area contributed by atoms with E-state index >= 15 is 0 Å². The highest BCUT2D eigenvalue weighted by Gasteiger charge is 2.29. The third-order valence-electron chi connectivity index (χ3n) is 1.90. The van der Waals surface area contributed by atoms with Crippen molar-refractivity contribution < 1.29 is 23.9 Å². The summed E-state index contributed by atoms with van der Waals surface area (Å²) in [5.74, 6) is 0.195. The zero-order chi connectivity index (χ0) is 14.2. The second-order valence-corrected chi connectivity index (χ2v) is 4.84. The monoisotopic (exact) mass is 259 g/mol. The van der Waals surface area contributed by atoms with Crippen LogP contribution in [0.5, 0.6) is 0 Å². The molecule has 18 heavy (non-hydrogen) atoms. The Bertz CT molecular complexity index is 287. The normalized spacial score (nSPS) is 14.8. The molecule has 1 fully saturated rings. The lowest BCUT2D eigenvalue weighted by atomic mass is 9.92. The summed E-state index contributed by atoms with van der Waals surface area (Å²) < 4.78 is 9.17. The van der Waals surface area contributed by atoms with E-state index in [1.54, 1.807) is 27.7 Å². The molecule has 1 amide bonds. The second kappa shape index (κ2) is 7.68. The summed E-state index contributed by atoms with van der Waals surface area (Å²) in [6.45, 7) is 8.08. The van der Waals surface area contributed by atoms with Gasteiger partial charge >= 0.3 is 6.09 Å². The van der Waals surface area contributed by atoms with Gasteiger partial charge in [-0.25, -0.2) is 4.79 Å². The van der Waals surface area contributed by atoms with Gasteiger partial charge in [-0.3, -0.25) is 9.59 Å². The van der Waals surface area contributed by atoms with Gasteiger partial charge in [-0.05, 0) is 27.7 Å². The number of alkyl carbamates (subject to hydrolysis) is 1. The molecule has 6 nitrogen and oxygen atoms in total. The van der Waals surface area contributed by atoms with Gasteiger partial charge in [0, 0.05) is 18.9 Å². The van der Waals surface area contributed by atoms with E-state index in [4.69, 9.17) is 4.74 Å². The van der Waals surface area contributed by atoms with Gasteiger partial charge in [0.25, 0.3) is 6.47 Å². The Balaban J connectivity index is 0.000000494. The Kier molecular flexibility index (Phi) is 7.00. The van der Waals surface area contributed by atoms with Crippen molar-refractivity contribution in [2.75, 3.05) is 6.61 Å². The summed E-state index contributed by atoms with van der Waals surface area (Å²) in [5, 5.41) is 2.62. The van der Waals surface area contributed by atoms with Gasteiger partial charge in [-0.1, -0.05) is 0 Å². The van der Waals surface area contributed by atoms with Crippen molar-refractivity contribution in [3.63, 3.8) is 0 Å². The van der Waals surface area contributed by atoms with Crippen molar-refractivity contribution in [3.05, 3.63) is 0 Å². The summed E-state index contributed by atoms with van der Waals surface area (Å²) in [6.07, 6.45) is 0.448. The van der Waals surface area contributed by atoms with Crippen LogP contribution < -0.4 is 5.32 Å². The van der Waals surface area contributed by atoms with Gasteiger partial charge in [0.1, 0.15) is 11.4 Å². The van der Waals surface area contributed by atoms with Gasteiger partial charge in [-0.15, -0.1) is 0 Å². The number of Topliss-reactive ketones (excluding diaryl/α,β-unsaturated/α-hetero) is 1. The first-order valence-corrected chi connectivity index (χ1v) is 5.85. The SMILES string of the molecule is CC(C)(C)OC(=O)NC1CC(=O)C1.CCOC=O. The van der Waals surface area contributed by atoms with Crippen LogP contribution in [0.3, 0.4) is 0 Å². The molecule has 0 atom stereocenters. The fraction of sp³-hybridized carbons (Fsp3) is 0.750. The first-order chi connectivity index (χ1) is 8.28. The molecule has 6 heteroatoms. The number of amides is 1. The molecule has 0 heterocycles. The number of carbonyl (C=O) groups excluding carboxylic acids is 3. The zero-order valence-electron chi connectivity index (χ0n) is 11.3. The maximum absolute atomic E-state index is 11.1. The van der Waals surface area contributed by atoms with E-state index in [2.05, 4.69) is 10.1 Å². The van der Waals surface area contributed by atoms with Gasteiger partial charge < -0.3 is 14.8 Å². The Labute approximate surface area is 107 Å². The number of ether oxygens (including phenoxy) is 2. The Morgan fingerprint density at radius 2 is 2.00 bits per heavy atom. The molecule has 0 saturated heterocycles. The molecule has 1 aliphatic rings. The van der Waals surface area contributed by atoms with Crippen LogP contribution in [0.15, 0.2) is 0 Å². The molecular formula is C12H21NO5. The van der Waals surface area contributed by atoms with Gasteiger partial charge in [0.2, 0.25) is 0 Å². The van der Waals surface area contributed by atoms with Crippen molar-refractivity contribution in [2.45, 2.75) is 52.2 Å². The lowest BCUT2D eigenvalue weighted by Gasteiger charge is -2.27. The lowest BCUT2D eigenvalue weighted by molar-refractivity contribution is -0.128. The average molecular weight is 259 g/mol. The summed E-state index contributed by atoms with van der Waals surface area (Å²) in [7, 11) is 0. The molecule has 0 aliphatic heterocycles. The fourth-order valence-corrected chi connectivity index (χ4v) is 1.13. The highest BCUT2D eigenvalue weighted by Crippen LogP contribution is 2.15. The minimum absolute atomic E-state index is 0.0117. The van der Waals surface area contributed by atoms with Crippen molar-refractivity contribution in [3.8, 4) is 0 Å². The van der Waals surface area contributed by atoms with E-state index in [9.17, 15) is 14.4 Å². The molecule has 0 aromatic heterocycles. The fourth-order valence-electron chi connectivity index (χ4n) is 1.13. The van der Waals surface area contributed by atoms with Crippen LogP contribution in [0, 0.1) is 0 Å². The number of ketones is 1. The van der Waals surface area contributed by atoms with Gasteiger partial charge in [0.05, 0.1) is 6.61 Å². The average Bonchev–Trinajstić information content (AvgIpc) is 2.14. The van der Waals surface area contributed by atoms with E-state index < -0.39 is 11.7 Å². The Morgan fingerprint density at radius 1 is 1.44 bits per heavy atom. The molecule has 104 valence electrons. The van der Waals surface area contributed by atoms with Gasteiger partial charge in [-0.2, -0.15) is 0 Å². The maximum Gasteiger partial charge on any atom is 0.407 e. The molecule has 1 rings (SSSR count). The molecule has 1 saturated carbocycles. The first kappa shape index (κ1) is 16.4. The standard InChI is InChI=1S/C9H15NO3.C3H6O2/c1-9(2,3)13-8(12)10-6-4-7(11)5-6;1-2-5-3-4/h6H,4-5H2,1-3H3,(H,10,12);3H,2H2,1H3. The van der Waals surface area contributed by atoms with Crippen molar-refractivity contribution >= 4 is 18.3 Å². The van der Waals surface area contributed by atoms with E-state index in [-0.39, 0.29) is 11.8 Å². The number of rotatable bonds is 3. The number of hydrogen-bond acceptors (Lipinski definition) is 5. The van der Waals surface area contributed by atoms with Crippen LogP contribution in [0.4, 0.5) is 4.79 Å². The summed E-state index contributed by atoms with van der Waals surface area (Å²) in [5.41, 5.74) is -0.474. The third-order valence-corrected chi connectivity index (χ3v) is 1.90. The molecule has 0 spiro atoms. The van der Waals surface area contributed by atoms with Crippen LogP contribution in [0.25, 0.3) is 0 Å². The molecule has 1 N–H and O–H groups in total. The minimum Gasteiger partial charge on any atom is -0.468 e. The molecular weight excluding hydrogens is 238 g/mol. The smallest absolute Gasteiger partial charge is 0.407 e. The maximum atomic E-state index is 11.1. The van der Waals surface area contributed by atoms with Crippen LogP contribution in [0.2, 0.25) is 0 Å². The second-order valence-electron chi connectivity index (χ2n) is 4.84. The number of hydrogen-bond donors (Lipinski definition) is 1. The third kappa shape index (κ3) is 8.55. The van der Waals surface area contributed by atoms with Crippen LogP contribution in [-0.2, 0) is 19.1 Å². The Morgan fingerprint density at radius 3 is 2.28 bits per heavy atom. The predicted octanol–water partition coefficient (Wildman–Crippen LogP) is 1.42. The van der Waals surface area contributed by atoms with E-state index in [1.807, 2.05) is 0 Å². The molecule has 0 radical (unpaired) electrons. The number of carbonyl (C=O) groups is 3. The zero-order valence-corrected chi connectivity index (χ0v) is 11.3. The van der Waals surface area contributed by atoms with Crippen LogP contribution >= 0.6 is 0 Å². The molecule has 0 aromatic rings. The largest absolute Gasteiger partial charge is 0.468 e. The first-order valence-electron chi connectivity index (χ1n) is 5.85. The van der Waals surface area contributed by atoms with E-state index in [1.165, 1.54) is 0 Å². The van der Waals surface area contributed by atoms with Crippen molar-refractivity contribution in [1.29, 1.82) is 0 Å². The van der Waals surface area contributed by atoms with Crippen molar-refractivity contribution in [1.82, 2.24) is 5.32 Å².